The van der Waals surface area contributed by atoms with E-state index in [1.807, 2.05) is 13.8 Å². The van der Waals surface area contributed by atoms with Crippen molar-refractivity contribution < 1.29 is 13.6 Å². The number of benzene rings is 1. The number of nitrogens with two attached hydrogens (primary N) is 1. The predicted molar refractivity (Wildman–Crippen MR) is 66.2 cm³/mol. The second kappa shape index (κ2) is 5.91. The summed E-state index contributed by atoms with van der Waals surface area (Å²) in [5.74, 6) is -2.82. The third-order valence-electron chi connectivity index (χ3n) is 3.21. The highest BCUT2D eigenvalue weighted by Gasteiger charge is 2.22. The van der Waals surface area contributed by atoms with E-state index in [1.165, 1.54) is 12.1 Å². The fourth-order valence-corrected chi connectivity index (χ4v) is 1.53. The van der Waals surface area contributed by atoms with E-state index in [0.29, 0.717) is 12.8 Å². The molecule has 0 heterocycles. The molecule has 1 aromatic rings. The van der Waals surface area contributed by atoms with Crippen LogP contribution in [0.4, 0.5) is 8.78 Å². The lowest BCUT2D eigenvalue weighted by molar-refractivity contribution is 0.0937. The van der Waals surface area contributed by atoms with Crippen LogP contribution in [0.15, 0.2) is 18.2 Å². The van der Waals surface area contributed by atoms with Gasteiger partial charge in [0.1, 0.15) is 0 Å². The molecule has 3 nitrogen and oxygen atoms in total. The monoisotopic (exact) mass is 256 g/mol. The van der Waals surface area contributed by atoms with Crippen molar-refractivity contribution in [2.45, 2.75) is 32.2 Å². The van der Waals surface area contributed by atoms with Gasteiger partial charge in [0.2, 0.25) is 0 Å². The average molecular weight is 256 g/mol. The molecule has 1 amide bonds. The Morgan fingerprint density at radius 3 is 2.50 bits per heavy atom. The zero-order valence-electron chi connectivity index (χ0n) is 10.6. The summed E-state index contributed by atoms with van der Waals surface area (Å²) in [6.07, 6.45) is 1.38. The lowest BCUT2D eigenvalue weighted by atomic mass is 9.94. The molecular formula is C13H18F2N2O. The van der Waals surface area contributed by atoms with Gasteiger partial charge in [-0.05, 0) is 25.0 Å². The maximum absolute atomic E-state index is 13.4. The minimum atomic E-state index is -1.13. The Kier molecular flexibility index (Phi) is 4.78. The van der Waals surface area contributed by atoms with E-state index in [2.05, 4.69) is 5.32 Å². The smallest absolute Gasteiger partial charge is 0.254 e. The van der Waals surface area contributed by atoms with Crippen LogP contribution in [-0.2, 0) is 0 Å². The molecule has 0 unspecified atom stereocenters. The zero-order chi connectivity index (χ0) is 13.8. The summed E-state index contributed by atoms with van der Waals surface area (Å²) < 4.78 is 26.3. The van der Waals surface area contributed by atoms with Gasteiger partial charge in [0.25, 0.3) is 5.91 Å². The van der Waals surface area contributed by atoms with Crippen LogP contribution in [0, 0.1) is 11.6 Å². The van der Waals surface area contributed by atoms with E-state index in [9.17, 15) is 13.6 Å². The summed E-state index contributed by atoms with van der Waals surface area (Å²) in [6.45, 7) is 4.06. The Hall–Kier alpha value is -1.49. The first-order valence-corrected chi connectivity index (χ1v) is 5.94. The molecule has 18 heavy (non-hydrogen) atoms. The first-order valence-electron chi connectivity index (χ1n) is 5.94. The summed E-state index contributed by atoms with van der Waals surface area (Å²) >= 11 is 0. The van der Waals surface area contributed by atoms with Gasteiger partial charge in [0.15, 0.2) is 11.6 Å². The summed E-state index contributed by atoms with van der Waals surface area (Å²) in [5.41, 5.74) is 5.19. The SMILES string of the molecule is CCC(N)(CC)CNC(=O)c1cccc(F)c1F. The number of halogens is 2. The van der Waals surface area contributed by atoms with Gasteiger partial charge >= 0.3 is 0 Å². The van der Waals surface area contributed by atoms with Crippen molar-refractivity contribution in [3.05, 3.63) is 35.4 Å². The van der Waals surface area contributed by atoms with Gasteiger partial charge in [0, 0.05) is 12.1 Å². The second-order valence-corrected chi connectivity index (χ2v) is 4.35. The van der Waals surface area contributed by atoms with E-state index in [1.54, 1.807) is 0 Å². The van der Waals surface area contributed by atoms with Crippen molar-refractivity contribution in [2.24, 2.45) is 5.73 Å². The number of carbonyl (C=O) groups excluding carboxylic acids is 1. The maximum atomic E-state index is 13.4. The van der Waals surface area contributed by atoms with Crippen LogP contribution < -0.4 is 11.1 Å². The zero-order valence-corrected chi connectivity index (χ0v) is 10.6. The van der Waals surface area contributed by atoms with Gasteiger partial charge in [-0.15, -0.1) is 0 Å². The van der Waals surface area contributed by atoms with Crippen LogP contribution in [0.1, 0.15) is 37.0 Å². The first kappa shape index (κ1) is 14.6. The molecule has 0 spiro atoms. The third kappa shape index (κ3) is 3.26. The predicted octanol–water partition coefficient (Wildman–Crippen LogP) is 2.21. The molecule has 0 saturated heterocycles. The molecule has 1 aromatic carbocycles. The first-order chi connectivity index (χ1) is 8.43. The minimum absolute atomic E-state index is 0.231. The normalized spacial score (nSPS) is 11.4. The molecule has 0 aromatic heterocycles. The lowest BCUT2D eigenvalue weighted by Gasteiger charge is -2.26. The fraction of sp³-hybridized carbons (Fsp3) is 0.462. The highest BCUT2D eigenvalue weighted by atomic mass is 19.2. The van der Waals surface area contributed by atoms with Gasteiger partial charge < -0.3 is 11.1 Å². The Bertz CT molecular complexity index is 431. The molecule has 0 aliphatic rings. The second-order valence-electron chi connectivity index (χ2n) is 4.35. The van der Waals surface area contributed by atoms with Crippen LogP contribution >= 0.6 is 0 Å². The Morgan fingerprint density at radius 1 is 1.33 bits per heavy atom. The number of hydrogen-bond acceptors (Lipinski definition) is 2. The van der Waals surface area contributed by atoms with Crippen LogP contribution in [0.3, 0.4) is 0 Å². The molecular weight excluding hydrogens is 238 g/mol. The minimum Gasteiger partial charge on any atom is -0.350 e. The van der Waals surface area contributed by atoms with Gasteiger partial charge in [-0.25, -0.2) is 8.78 Å². The largest absolute Gasteiger partial charge is 0.350 e. The van der Waals surface area contributed by atoms with E-state index in [-0.39, 0.29) is 12.1 Å². The molecule has 5 heteroatoms. The number of nitrogens with one attached hydrogen (secondary N) is 1. The fourth-order valence-electron chi connectivity index (χ4n) is 1.53. The van der Waals surface area contributed by atoms with Crippen molar-refractivity contribution in [1.82, 2.24) is 5.32 Å². The number of hydrogen-bond donors (Lipinski definition) is 2. The third-order valence-corrected chi connectivity index (χ3v) is 3.21. The molecule has 100 valence electrons. The topological polar surface area (TPSA) is 55.1 Å². The Labute approximate surface area is 105 Å². The van der Waals surface area contributed by atoms with E-state index in [0.717, 1.165) is 6.07 Å². The van der Waals surface area contributed by atoms with Crippen molar-refractivity contribution >= 4 is 5.91 Å². The number of rotatable bonds is 5. The highest BCUT2D eigenvalue weighted by molar-refractivity contribution is 5.94. The van der Waals surface area contributed by atoms with Crippen LogP contribution in [-0.4, -0.2) is 18.0 Å². The molecule has 0 atom stereocenters. The average Bonchev–Trinajstić information content (AvgIpc) is 2.39. The molecule has 0 aliphatic heterocycles. The highest BCUT2D eigenvalue weighted by Crippen LogP contribution is 2.13. The van der Waals surface area contributed by atoms with E-state index >= 15 is 0 Å². The van der Waals surface area contributed by atoms with Gasteiger partial charge in [-0.2, -0.15) is 0 Å². The van der Waals surface area contributed by atoms with Crippen molar-refractivity contribution in [3.8, 4) is 0 Å². The molecule has 1 rings (SSSR count). The van der Waals surface area contributed by atoms with Crippen LogP contribution in [0.2, 0.25) is 0 Å². The molecule has 0 radical (unpaired) electrons. The standard InChI is InChI=1S/C13H18F2N2O/c1-3-13(16,4-2)8-17-12(18)9-6-5-7-10(14)11(9)15/h5-7H,3-4,8,16H2,1-2H3,(H,17,18). The number of amides is 1. The van der Waals surface area contributed by atoms with Crippen molar-refractivity contribution in [3.63, 3.8) is 0 Å². The molecule has 0 fully saturated rings. The number of carbonyl (C=O) groups is 1. The van der Waals surface area contributed by atoms with Crippen molar-refractivity contribution in [1.29, 1.82) is 0 Å². The lowest BCUT2D eigenvalue weighted by Crippen LogP contribution is -2.49. The van der Waals surface area contributed by atoms with Gasteiger partial charge in [-0.3, -0.25) is 4.79 Å². The summed E-state index contributed by atoms with van der Waals surface area (Å²) in [7, 11) is 0. The summed E-state index contributed by atoms with van der Waals surface area (Å²) in [5, 5.41) is 2.54. The Morgan fingerprint density at radius 2 is 1.94 bits per heavy atom. The van der Waals surface area contributed by atoms with Crippen LogP contribution in [0.5, 0.6) is 0 Å². The molecule has 0 aliphatic carbocycles. The quantitative estimate of drug-likeness (QED) is 0.848. The molecule has 0 bridgehead atoms. The summed E-state index contributed by atoms with van der Waals surface area (Å²) in [6, 6.07) is 3.50. The molecule has 0 saturated carbocycles. The van der Waals surface area contributed by atoms with Gasteiger partial charge in [-0.1, -0.05) is 19.9 Å². The Balaban J connectivity index is 2.75. The van der Waals surface area contributed by atoms with E-state index < -0.39 is 23.1 Å². The summed E-state index contributed by atoms with van der Waals surface area (Å²) in [4.78, 5) is 11.7. The maximum Gasteiger partial charge on any atom is 0.254 e. The van der Waals surface area contributed by atoms with E-state index in [4.69, 9.17) is 5.73 Å². The van der Waals surface area contributed by atoms with Gasteiger partial charge in [0.05, 0.1) is 5.56 Å². The van der Waals surface area contributed by atoms with Crippen molar-refractivity contribution in [2.75, 3.05) is 6.54 Å². The van der Waals surface area contributed by atoms with Crippen LogP contribution in [0.25, 0.3) is 0 Å². The molecule has 3 N–H and O–H groups in total.